The molecule has 2 heterocycles. The maximum absolute atomic E-state index is 12.9. The van der Waals surface area contributed by atoms with E-state index in [1.54, 1.807) is 26.8 Å². The first-order valence-corrected chi connectivity index (χ1v) is 9.38. The summed E-state index contributed by atoms with van der Waals surface area (Å²) in [5, 5.41) is 4.81. The maximum atomic E-state index is 12.9. The van der Waals surface area contributed by atoms with E-state index in [1.165, 1.54) is 12.1 Å². The van der Waals surface area contributed by atoms with Crippen molar-refractivity contribution < 1.29 is 28.7 Å². The van der Waals surface area contributed by atoms with Crippen LogP contribution in [0.1, 0.15) is 66.3 Å². The maximum Gasteiger partial charge on any atom is 0.407 e. The molecule has 154 valence electrons. The predicted molar refractivity (Wildman–Crippen MR) is 101 cm³/mol. The summed E-state index contributed by atoms with van der Waals surface area (Å²) >= 11 is 0. The van der Waals surface area contributed by atoms with Gasteiger partial charge in [-0.2, -0.15) is 0 Å². The van der Waals surface area contributed by atoms with Crippen molar-refractivity contribution in [1.82, 2.24) is 15.5 Å². The number of nitrogens with one attached hydrogen (secondary N) is 2. The molecule has 9 nitrogen and oxygen atoms in total. The molecule has 1 fully saturated rings. The third kappa shape index (κ3) is 4.44. The number of imide groups is 2. The van der Waals surface area contributed by atoms with Crippen LogP contribution < -0.4 is 10.6 Å². The van der Waals surface area contributed by atoms with Gasteiger partial charge < -0.3 is 10.1 Å². The first kappa shape index (κ1) is 20.5. The lowest BCUT2D eigenvalue weighted by atomic mass is 10.1. The lowest BCUT2D eigenvalue weighted by Crippen LogP contribution is -2.49. The van der Waals surface area contributed by atoms with Gasteiger partial charge in [-0.05, 0) is 51.3 Å². The van der Waals surface area contributed by atoms with Crippen molar-refractivity contribution in [2.75, 3.05) is 0 Å². The number of nitrogens with zero attached hydrogens (tertiary/aromatic N) is 1. The van der Waals surface area contributed by atoms with Gasteiger partial charge in [-0.3, -0.25) is 29.4 Å². The highest BCUT2D eigenvalue weighted by atomic mass is 16.6. The zero-order valence-electron chi connectivity index (χ0n) is 16.5. The van der Waals surface area contributed by atoms with Crippen LogP contribution in [0.5, 0.6) is 0 Å². The van der Waals surface area contributed by atoms with Crippen LogP contribution in [0, 0.1) is 0 Å². The quantitative estimate of drug-likeness (QED) is 0.740. The minimum Gasteiger partial charge on any atom is -0.444 e. The number of ether oxygens (including phenoxy) is 1. The Morgan fingerprint density at radius 2 is 1.86 bits per heavy atom. The first-order valence-electron chi connectivity index (χ1n) is 9.38. The highest BCUT2D eigenvalue weighted by Gasteiger charge is 2.43. The van der Waals surface area contributed by atoms with Gasteiger partial charge in [0.15, 0.2) is 0 Å². The smallest absolute Gasteiger partial charge is 0.407 e. The van der Waals surface area contributed by atoms with E-state index in [-0.39, 0.29) is 30.5 Å². The molecule has 0 aromatic heterocycles. The third-order valence-corrected chi connectivity index (χ3v) is 4.58. The number of carbonyl (C=O) groups is 5. The van der Waals surface area contributed by atoms with E-state index in [0.717, 1.165) is 4.90 Å². The fourth-order valence-electron chi connectivity index (χ4n) is 3.30. The fourth-order valence-corrected chi connectivity index (χ4v) is 3.30. The Morgan fingerprint density at radius 3 is 2.55 bits per heavy atom. The summed E-state index contributed by atoms with van der Waals surface area (Å²) in [7, 11) is 0. The molecule has 3 rings (SSSR count). The van der Waals surface area contributed by atoms with Gasteiger partial charge in [-0.15, -0.1) is 0 Å². The van der Waals surface area contributed by atoms with Crippen molar-refractivity contribution in [1.29, 1.82) is 0 Å². The molecule has 2 aliphatic rings. The minimum absolute atomic E-state index is 0.113. The van der Waals surface area contributed by atoms with E-state index >= 15 is 0 Å². The van der Waals surface area contributed by atoms with E-state index in [2.05, 4.69) is 10.6 Å². The Morgan fingerprint density at radius 1 is 1.17 bits per heavy atom. The number of benzene rings is 1. The number of alkyl carbamates (subject to hydrolysis) is 1. The summed E-state index contributed by atoms with van der Waals surface area (Å²) in [5.74, 6) is -2.21. The normalized spacial score (nSPS) is 19.6. The van der Waals surface area contributed by atoms with Crippen LogP contribution >= 0.6 is 0 Å². The van der Waals surface area contributed by atoms with Gasteiger partial charge in [-0.1, -0.05) is 6.07 Å². The fraction of sp³-hybridized carbons (Fsp3) is 0.450. The minimum atomic E-state index is -1.02. The molecular formula is C20H23N3O6. The lowest BCUT2D eigenvalue weighted by molar-refractivity contribution is -0.131. The SMILES string of the molecule is CC(C)(C)OC(=O)NCc1ccc2c(c1)C(=O)N([C@H]1CCCC(=O)NC1=O)C2=O. The number of fused-ring (bicyclic) bond motifs is 1. The molecule has 1 aromatic rings. The van der Waals surface area contributed by atoms with Crippen molar-refractivity contribution in [2.24, 2.45) is 0 Å². The monoisotopic (exact) mass is 401 g/mol. The molecule has 0 saturated carbocycles. The molecule has 29 heavy (non-hydrogen) atoms. The molecule has 1 aromatic carbocycles. The second kappa shape index (κ2) is 7.65. The molecule has 2 N–H and O–H groups in total. The van der Waals surface area contributed by atoms with Gasteiger partial charge in [0.1, 0.15) is 11.6 Å². The van der Waals surface area contributed by atoms with Crippen molar-refractivity contribution in [2.45, 2.75) is 58.2 Å². The van der Waals surface area contributed by atoms with Crippen molar-refractivity contribution >= 4 is 29.7 Å². The molecule has 1 atom stereocenters. The van der Waals surface area contributed by atoms with E-state index in [9.17, 15) is 24.0 Å². The molecule has 9 heteroatoms. The standard InChI is InChI=1S/C20H23N3O6/c1-20(2,3)29-19(28)21-10-11-7-8-12-13(9-11)18(27)23(17(12)26)14-5-4-6-15(24)22-16(14)25/h7-9,14H,4-6,10H2,1-3H3,(H,21,28)(H,22,24,25)/t14-/m0/s1. The first-order chi connectivity index (χ1) is 13.6. The Labute approximate surface area is 167 Å². The summed E-state index contributed by atoms with van der Waals surface area (Å²) < 4.78 is 5.17. The van der Waals surface area contributed by atoms with Crippen LogP contribution in [0.15, 0.2) is 18.2 Å². The van der Waals surface area contributed by atoms with E-state index in [4.69, 9.17) is 4.74 Å². The number of hydrogen-bond donors (Lipinski definition) is 2. The number of carbonyl (C=O) groups excluding carboxylic acids is 5. The Balaban J connectivity index is 1.75. The average molecular weight is 401 g/mol. The summed E-state index contributed by atoms with van der Waals surface area (Å²) in [6.45, 7) is 5.36. The van der Waals surface area contributed by atoms with Gasteiger partial charge in [0.25, 0.3) is 11.8 Å². The highest BCUT2D eigenvalue weighted by Crippen LogP contribution is 2.28. The lowest BCUT2D eigenvalue weighted by Gasteiger charge is -2.22. The molecule has 0 aliphatic carbocycles. The largest absolute Gasteiger partial charge is 0.444 e. The average Bonchev–Trinajstić information content (AvgIpc) is 2.74. The van der Waals surface area contributed by atoms with Crippen molar-refractivity contribution in [3.05, 3.63) is 34.9 Å². The van der Waals surface area contributed by atoms with Crippen molar-refractivity contribution in [3.8, 4) is 0 Å². The van der Waals surface area contributed by atoms with Gasteiger partial charge in [0, 0.05) is 13.0 Å². The van der Waals surface area contributed by atoms with Gasteiger partial charge in [0.2, 0.25) is 11.8 Å². The molecular weight excluding hydrogens is 378 g/mol. The van der Waals surface area contributed by atoms with Crippen LogP contribution in [0.2, 0.25) is 0 Å². The van der Waals surface area contributed by atoms with Crippen LogP contribution in [0.3, 0.4) is 0 Å². The van der Waals surface area contributed by atoms with Crippen LogP contribution in [0.25, 0.3) is 0 Å². The zero-order valence-corrected chi connectivity index (χ0v) is 16.5. The van der Waals surface area contributed by atoms with Crippen LogP contribution in [-0.2, 0) is 20.9 Å². The summed E-state index contributed by atoms with van der Waals surface area (Å²) in [4.78, 5) is 62.1. The highest BCUT2D eigenvalue weighted by molar-refractivity contribution is 6.23. The Hall–Kier alpha value is -3.23. The Bertz CT molecular complexity index is 902. The number of hydrogen-bond acceptors (Lipinski definition) is 6. The predicted octanol–water partition coefficient (Wildman–Crippen LogP) is 1.50. The molecule has 5 amide bonds. The van der Waals surface area contributed by atoms with Crippen molar-refractivity contribution in [3.63, 3.8) is 0 Å². The van der Waals surface area contributed by atoms with E-state index in [0.29, 0.717) is 12.0 Å². The summed E-state index contributed by atoms with van der Waals surface area (Å²) in [6.07, 6.45) is 0.213. The van der Waals surface area contributed by atoms with Gasteiger partial charge >= 0.3 is 6.09 Å². The number of rotatable bonds is 3. The number of amides is 5. The van der Waals surface area contributed by atoms with Crippen LogP contribution in [-0.4, -0.2) is 46.3 Å². The molecule has 1 saturated heterocycles. The topological polar surface area (TPSA) is 122 Å². The van der Waals surface area contributed by atoms with Crippen LogP contribution in [0.4, 0.5) is 4.79 Å². The Kier molecular flexibility index (Phi) is 5.41. The van der Waals surface area contributed by atoms with Gasteiger partial charge in [-0.25, -0.2) is 4.79 Å². The summed E-state index contributed by atoms with van der Waals surface area (Å²) in [5.41, 5.74) is 0.338. The molecule has 0 unspecified atom stereocenters. The second-order valence-electron chi connectivity index (χ2n) is 8.04. The van der Waals surface area contributed by atoms with Gasteiger partial charge in [0.05, 0.1) is 11.1 Å². The summed E-state index contributed by atoms with van der Waals surface area (Å²) in [6, 6.07) is 3.63. The zero-order chi connectivity index (χ0) is 21.3. The van der Waals surface area contributed by atoms with E-state index in [1.807, 2.05) is 0 Å². The molecule has 0 radical (unpaired) electrons. The molecule has 2 aliphatic heterocycles. The van der Waals surface area contributed by atoms with E-state index < -0.39 is 41.4 Å². The molecule has 0 spiro atoms. The third-order valence-electron chi connectivity index (χ3n) is 4.58. The molecule has 0 bridgehead atoms. The second-order valence-corrected chi connectivity index (χ2v) is 8.04.